The molecule has 0 bridgehead atoms. The van der Waals surface area contributed by atoms with Gasteiger partial charge in [-0.15, -0.1) is 0 Å². The Morgan fingerprint density at radius 1 is 0.944 bits per heavy atom. The maximum atomic E-state index is 5.60. The smallest absolute Gasteiger partial charge is 0.199 e. The SMILES string of the molecule is S=C(Oc1ccccc1)[C@@H]1O[C@H]1c1ccccc1. The van der Waals surface area contributed by atoms with Gasteiger partial charge in [-0.25, -0.2) is 0 Å². The third-order valence-electron chi connectivity index (χ3n) is 2.81. The number of thiocarbonyl (C=S) groups is 1. The minimum atomic E-state index is -0.109. The molecule has 2 nitrogen and oxygen atoms in total. The summed E-state index contributed by atoms with van der Waals surface area (Å²) >= 11 is 5.25. The van der Waals surface area contributed by atoms with Gasteiger partial charge in [0.25, 0.3) is 0 Å². The van der Waals surface area contributed by atoms with Crippen molar-refractivity contribution in [3.8, 4) is 5.75 Å². The first kappa shape index (κ1) is 11.4. The third kappa shape index (κ3) is 2.42. The van der Waals surface area contributed by atoms with Crippen LogP contribution in [0.15, 0.2) is 60.7 Å². The average Bonchev–Trinajstić information content (AvgIpc) is 3.21. The normalized spacial score (nSPS) is 21.3. The lowest BCUT2D eigenvalue weighted by Gasteiger charge is -2.03. The zero-order valence-corrected chi connectivity index (χ0v) is 10.5. The molecular formula is C15H12O2S. The van der Waals surface area contributed by atoms with Crippen molar-refractivity contribution in [2.24, 2.45) is 0 Å². The van der Waals surface area contributed by atoms with E-state index >= 15 is 0 Å². The van der Waals surface area contributed by atoms with Gasteiger partial charge in [-0.1, -0.05) is 48.5 Å². The second-order valence-electron chi connectivity index (χ2n) is 4.12. The summed E-state index contributed by atoms with van der Waals surface area (Å²) in [5, 5.41) is 0.495. The number of benzene rings is 2. The fourth-order valence-corrected chi connectivity index (χ4v) is 2.13. The number of para-hydroxylation sites is 1. The molecule has 3 heteroatoms. The van der Waals surface area contributed by atoms with Gasteiger partial charge in [0, 0.05) is 0 Å². The Bertz CT molecular complexity index is 539. The number of hydrogen-bond acceptors (Lipinski definition) is 3. The Kier molecular flexibility index (Phi) is 3.09. The third-order valence-corrected chi connectivity index (χ3v) is 3.13. The van der Waals surface area contributed by atoms with Crippen LogP contribution < -0.4 is 4.74 Å². The lowest BCUT2D eigenvalue weighted by atomic mass is 10.1. The van der Waals surface area contributed by atoms with Gasteiger partial charge in [0.2, 0.25) is 0 Å². The molecule has 3 rings (SSSR count). The highest BCUT2D eigenvalue weighted by molar-refractivity contribution is 7.80. The molecule has 2 aromatic carbocycles. The predicted octanol–water partition coefficient (Wildman–Crippen LogP) is 3.53. The summed E-state index contributed by atoms with van der Waals surface area (Å²) in [5.74, 6) is 0.754. The van der Waals surface area contributed by atoms with Crippen molar-refractivity contribution in [2.75, 3.05) is 0 Å². The van der Waals surface area contributed by atoms with Gasteiger partial charge < -0.3 is 9.47 Å². The largest absolute Gasteiger partial charge is 0.447 e. The van der Waals surface area contributed by atoms with E-state index in [1.165, 1.54) is 0 Å². The second-order valence-corrected chi connectivity index (χ2v) is 4.52. The maximum absolute atomic E-state index is 5.60. The minimum absolute atomic E-state index is 0.0439. The van der Waals surface area contributed by atoms with E-state index in [4.69, 9.17) is 21.7 Å². The first-order valence-corrected chi connectivity index (χ1v) is 6.22. The van der Waals surface area contributed by atoms with Gasteiger partial charge in [0.05, 0.1) is 0 Å². The van der Waals surface area contributed by atoms with Crippen molar-refractivity contribution in [1.82, 2.24) is 0 Å². The van der Waals surface area contributed by atoms with Crippen LogP contribution in [0.25, 0.3) is 0 Å². The van der Waals surface area contributed by atoms with E-state index in [0.29, 0.717) is 5.05 Å². The second kappa shape index (κ2) is 4.88. The van der Waals surface area contributed by atoms with Gasteiger partial charge in [0.15, 0.2) is 11.2 Å². The number of epoxide rings is 1. The van der Waals surface area contributed by atoms with Crippen LogP contribution in [0, 0.1) is 0 Å². The summed E-state index contributed by atoms with van der Waals surface area (Å²) in [5.41, 5.74) is 1.14. The molecule has 0 aromatic heterocycles. The molecule has 0 saturated carbocycles. The molecule has 0 radical (unpaired) electrons. The highest BCUT2D eigenvalue weighted by Crippen LogP contribution is 2.39. The number of ether oxygens (including phenoxy) is 2. The monoisotopic (exact) mass is 256 g/mol. The van der Waals surface area contributed by atoms with Crippen LogP contribution in [0.3, 0.4) is 0 Å². The van der Waals surface area contributed by atoms with Crippen molar-refractivity contribution < 1.29 is 9.47 Å². The molecule has 0 amide bonds. The summed E-state index contributed by atoms with van der Waals surface area (Å²) in [6.07, 6.45) is -0.0648. The number of hydrogen-bond donors (Lipinski definition) is 0. The standard InChI is InChI=1S/C15H12O2S/c18-15(16-12-9-5-2-6-10-12)14-13(17-14)11-7-3-1-4-8-11/h1-10,13-14H/t13-,14+/m0/s1. The summed E-state index contributed by atoms with van der Waals surface area (Å²) in [6.45, 7) is 0. The highest BCUT2D eigenvalue weighted by Gasteiger charge is 2.44. The lowest BCUT2D eigenvalue weighted by molar-refractivity contribution is 0.387. The van der Waals surface area contributed by atoms with Crippen molar-refractivity contribution in [3.05, 3.63) is 66.2 Å². The summed E-state index contributed by atoms with van der Waals surface area (Å²) in [4.78, 5) is 0. The molecule has 0 unspecified atom stereocenters. The van der Waals surface area contributed by atoms with E-state index < -0.39 is 0 Å². The topological polar surface area (TPSA) is 21.8 Å². The molecular weight excluding hydrogens is 244 g/mol. The van der Waals surface area contributed by atoms with E-state index in [-0.39, 0.29) is 12.2 Å². The van der Waals surface area contributed by atoms with Gasteiger partial charge >= 0.3 is 0 Å². The van der Waals surface area contributed by atoms with Crippen LogP contribution in [0.5, 0.6) is 5.75 Å². The zero-order chi connectivity index (χ0) is 12.4. The van der Waals surface area contributed by atoms with Gasteiger partial charge in [-0.05, 0) is 29.9 Å². The van der Waals surface area contributed by atoms with E-state index in [2.05, 4.69) is 0 Å². The van der Waals surface area contributed by atoms with E-state index in [1.807, 2.05) is 60.7 Å². The van der Waals surface area contributed by atoms with Gasteiger partial charge in [-0.2, -0.15) is 0 Å². The van der Waals surface area contributed by atoms with Gasteiger partial charge in [0.1, 0.15) is 11.9 Å². The molecule has 90 valence electrons. The molecule has 0 N–H and O–H groups in total. The molecule has 1 fully saturated rings. The summed E-state index contributed by atoms with van der Waals surface area (Å²) in [7, 11) is 0. The van der Waals surface area contributed by atoms with Crippen LogP contribution in [0.1, 0.15) is 11.7 Å². The fraction of sp³-hybridized carbons (Fsp3) is 0.133. The van der Waals surface area contributed by atoms with Crippen LogP contribution in [-0.4, -0.2) is 11.2 Å². The van der Waals surface area contributed by atoms with Crippen LogP contribution in [-0.2, 0) is 4.74 Å². The Hall–Kier alpha value is -1.71. The van der Waals surface area contributed by atoms with Crippen LogP contribution >= 0.6 is 12.2 Å². The van der Waals surface area contributed by atoms with Crippen molar-refractivity contribution in [3.63, 3.8) is 0 Å². The quantitative estimate of drug-likeness (QED) is 0.619. The van der Waals surface area contributed by atoms with E-state index in [1.54, 1.807) is 0 Å². The molecule has 2 atom stereocenters. The molecule has 0 aliphatic carbocycles. The fourth-order valence-electron chi connectivity index (χ4n) is 1.85. The predicted molar refractivity (Wildman–Crippen MR) is 73.7 cm³/mol. The average molecular weight is 256 g/mol. The molecule has 2 aromatic rings. The van der Waals surface area contributed by atoms with Gasteiger partial charge in [-0.3, -0.25) is 0 Å². The Labute approximate surface area is 111 Å². The highest BCUT2D eigenvalue weighted by atomic mass is 32.1. The van der Waals surface area contributed by atoms with Crippen LogP contribution in [0.2, 0.25) is 0 Å². The van der Waals surface area contributed by atoms with E-state index in [0.717, 1.165) is 11.3 Å². The first-order chi connectivity index (χ1) is 8.84. The number of rotatable bonds is 3. The first-order valence-electron chi connectivity index (χ1n) is 5.82. The minimum Gasteiger partial charge on any atom is -0.447 e. The molecule has 0 spiro atoms. The van der Waals surface area contributed by atoms with Crippen molar-refractivity contribution in [2.45, 2.75) is 12.2 Å². The molecule has 18 heavy (non-hydrogen) atoms. The Morgan fingerprint density at radius 3 is 2.22 bits per heavy atom. The Balaban J connectivity index is 1.63. The lowest BCUT2D eigenvalue weighted by Crippen LogP contribution is -2.13. The maximum Gasteiger partial charge on any atom is 0.199 e. The Morgan fingerprint density at radius 2 is 1.56 bits per heavy atom. The molecule has 1 saturated heterocycles. The molecule has 1 heterocycles. The van der Waals surface area contributed by atoms with E-state index in [9.17, 15) is 0 Å². The molecule has 1 aliphatic heterocycles. The summed E-state index contributed by atoms with van der Waals surface area (Å²) < 4.78 is 11.2. The van der Waals surface area contributed by atoms with Crippen LogP contribution in [0.4, 0.5) is 0 Å². The van der Waals surface area contributed by atoms with Crippen molar-refractivity contribution >= 4 is 17.3 Å². The molecule has 1 aliphatic rings. The van der Waals surface area contributed by atoms with Crippen molar-refractivity contribution in [1.29, 1.82) is 0 Å². The zero-order valence-electron chi connectivity index (χ0n) is 9.65. The summed E-state index contributed by atoms with van der Waals surface area (Å²) in [6, 6.07) is 19.6.